The molecule has 6 nitrogen and oxygen atoms in total. The van der Waals surface area contributed by atoms with E-state index in [1.54, 1.807) is 0 Å². The Kier molecular flexibility index (Phi) is 8.56. The summed E-state index contributed by atoms with van der Waals surface area (Å²) in [4.78, 5) is 13.5. The number of ether oxygens (including phenoxy) is 2. The van der Waals surface area contributed by atoms with Gasteiger partial charge in [-0.3, -0.25) is 0 Å². The lowest BCUT2D eigenvalue weighted by Crippen LogP contribution is -2.67. The van der Waals surface area contributed by atoms with Crippen molar-refractivity contribution in [3.05, 3.63) is 66.4 Å². The van der Waals surface area contributed by atoms with Crippen molar-refractivity contribution in [2.45, 2.75) is 77.5 Å². The van der Waals surface area contributed by atoms with Crippen molar-refractivity contribution in [1.82, 2.24) is 14.8 Å². The molecule has 6 heteroatoms. The average molecular weight is 570 g/mol. The Morgan fingerprint density at radius 2 is 1.74 bits per heavy atom. The second-order valence-corrected chi connectivity index (χ2v) is 13.2. The Morgan fingerprint density at radius 1 is 1.07 bits per heavy atom. The number of hydrogen-bond acceptors (Lipinski definition) is 4. The van der Waals surface area contributed by atoms with Crippen LogP contribution in [0.3, 0.4) is 0 Å². The van der Waals surface area contributed by atoms with Crippen LogP contribution in [0.15, 0.2) is 55.1 Å². The van der Waals surface area contributed by atoms with Crippen LogP contribution >= 0.6 is 0 Å². The molecule has 3 aromatic rings. The molecule has 0 unspecified atom stereocenters. The van der Waals surface area contributed by atoms with E-state index in [0.29, 0.717) is 17.6 Å². The molecule has 0 bridgehead atoms. The highest BCUT2D eigenvalue weighted by Gasteiger charge is 2.53. The van der Waals surface area contributed by atoms with E-state index in [1.807, 2.05) is 45.7 Å². The molecule has 2 aromatic carbocycles. The molecule has 1 amide bonds. The van der Waals surface area contributed by atoms with E-state index in [-0.39, 0.29) is 11.7 Å². The maximum absolute atomic E-state index is 11.7. The maximum atomic E-state index is 11.7. The van der Waals surface area contributed by atoms with Crippen LogP contribution in [0.4, 0.5) is 4.79 Å². The van der Waals surface area contributed by atoms with Gasteiger partial charge in [0.05, 0.1) is 6.10 Å². The number of aryl methyl sites for hydroxylation is 1. The zero-order chi connectivity index (χ0) is 30.1. The molecule has 224 valence electrons. The predicted molar refractivity (Wildman–Crippen MR) is 174 cm³/mol. The zero-order valence-corrected chi connectivity index (χ0v) is 26.2. The summed E-state index contributed by atoms with van der Waals surface area (Å²) in [6.45, 7) is 13.5. The minimum Gasteiger partial charge on any atom is -0.490 e. The van der Waals surface area contributed by atoms with E-state index in [1.165, 1.54) is 65.4 Å². The minimum absolute atomic E-state index is 0.161. The lowest BCUT2D eigenvalue weighted by Gasteiger charge is -2.58. The SMILES string of the molecule is C=Cc1c(/C=C\C)n(C)c2cc(-c3ccc(OC4CCC4)cc3)ccc12.CNC1CC2(C1)CN(C(=O)OC(C)(C)C)C2. The summed E-state index contributed by atoms with van der Waals surface area (Å²) in [6.07, 6.45) is 12.5. The van der Waals surface area contributed by atoms with Gasteiger partial charge in [-0.05, 0) is 102 Å². The first kappa shape index (κ1) is 30.0. The fraction of sp³-hybridized carbons (Fsp3) is 0.472. The highest BCUT2D eigenvalue weighted by molar-refractivity contribution is 5.96. The van der Waals surface area contributed by atoms with Gasteiger partial charge in [0, 0.05) is 53.8 Å². The quantitative estimate of drug-likeness (QED) is 0.326. The summed E-state index contributed by atoms with van der Waals surface area (Å²) in [5.41, 5.74) is 6.06. The number of benzene rings is 2. The number of allylic oxidation sites excluding steroid dienone is 1. The second-order valence-electron chi connectivity index (χ2n) is 13.2. The van der Waals surface area contributed by atoms with E-state index in [0.717, 1.165) is 18.8 Å². The normalized spacial score (nSPS) is 18.2. The molecule has 1 saturated heterocycles. The molecular weight excluding hydrogens is 522 g/mol. The van der Waals surface area contributed by atoms with Gasteiger partial charge in [0.25, 0.3) is 0 Å². The van der Waals surface area contributed by atoms with E-state index in [2.05, 4.69) is 78.1 Å². The van der Waals surface area contributed by atoms with Gasteiger partial charge in [0.1, 0.15) is 11.4 Å². The molecule has 2 saturated carbocycles. The summed E-state index contributed by atoms with van der Waals surface area (Å²) < 4.78 is 13.5. The summed E-state index contributed by atoms with van der Waals surface area (Å²) in [6, 6.07) is 15.8. The number of fused-ring (bicyclic) bond motifs is 1. The number of hydrogen-bond donors (Lipinski definition) is 1. The monoisotopic (exact) mass is 569 g/mol. The number of amides is 1. The van der Waals surface area contributed by atoms with Gasteiger partial charge in [-0.25, -0.2) is 4.79 Å². The number of likely N-dealkylation sites (tertiary alicyclic amines) is 1. The summed E-state index contributed by atoms with van der Waals surface area (Å²) in [7, 11) is 4.12. The van der Waals surface area contributed by atoms with Crippen molar-refractivity contribution in [1.29, 1.82) is 0 Å². The molecule has 1 N–H and O–H groups in total. The van der Waals surface area contributed by atoms with Crippen molar-refractivity contribution in [2.75, 3.05) is 20.1 Å². The summed E-state index contributed by atoms with van der Waals surface area (Å²) in [5.74, 6) is 0.975. The molecule has 6 rings (SSSR count). The zero-order valence-electron chi connectivity index (χ0n) is 26.2. The number of carbonyl (C=O) groups excluding carboxylic acids is 1. The Hall–Kier alpha value is -3.51. The third-order valence-corrected chi connectivity index (χ3v) is 8.83. The highest BCUT2D eigenvalue weighted by atomic mass is 16.6. The van der Waals surface area contributed by atoms with Crippen LogP contribution in [0.5, 0.6) is 5.75 Å². The van der Waals surface area contributed by atoms with Crippen LogP contribution in [0.1, 0.15) is 71.1 Å². The van der Waals surface area contributed by atoms with Crippen molar-refractivity contribution in [3.8, 4) is 16.9 Å². The molecule has 2 heterocycles. The van der Waals surface area contributed by atoms with Crippen LogP contribution in [0, 0.1) is 5.41 Å². The predicted octanol–water partition coefficient (Wildman–Crippen LogP) is 8.06. The first-order chi connectivity index (χ1) is 20.0. The molecule has 3 fully saturated rings. The van der Waals surface area contributed by atoms with Crippen molar-refractivity contribution >= 4 is 29.1 Å². The molecule has 2 aliphatic carbocycles. The van der Waals surface area contributed by atoms with Gasteiger partial charge >= 0.3 is 6.09 Å². The first-order valence-corrected chi connectivity index (χ1v) is 15.3. The molecule has 3 aliphatic rings. The van der Waals surface area contributed by atoms with E-state index < -0.39 is 0 Å². The minimum atomic E-state index is -0.382. The fourth-order valence-corrected chi connectivity index (χ4v) is 6.31. The van der Waals surface area contributed by atoms with Crippen molar-refractivity contribution < 1.29 is 14.3 Å². The topological polar surface area (TPSA) is 55.7 Å². The lowest BCUT2D eigenvalue weighted by atomic mass is 9.61. The molecular formula is C36H47N3O3. The summed E-state index contributed by atoms with van der Waals surface area (Å²) >= 11 is 0. The first-order valence-electron chi connectivity index (χ1n) is 15.3. The van der Waals surface area contributed by atoms with E-state index in [9.17, 15) is 4.79 Å². The van der Waals surface area contributed by atoms with Crippen molar-refractivity contribution in [2.24, 2.45) is 12.5 Å². The number of carbonyl (C=O) groups is 1. The van der Waals surface area contributed by atoms with Crippen LogP contribution in [0.2, 0.25) is 0 Å². The molecule has 1 aromatic heterocycles. The Labute approximate surface area is 251 Å². The second kappa shape index (κ2) is 12.0. The van der Waals surface area contributed by atoms with Gasteiger partial charge in [-0.1, -0.05) is 43.0 Å². The molecule has 0 atom stereocenters. The fourth-order valence-electron chi connectivity index (χ4n) is 6.31. The van der Waals surface area contributed by atoms with Gasteiger partial charge in [0.2, 0.25) is 0 Å². The van der Waals surface area contributed by atoms with Crippen LogP contribution in [-0.2, 0) is 11.8 Å². The Balaban J connectivity index is 0.000000189. The highest BCUT2D eigenvalue weighted by Crippen LogP contribution is 2.48. The molecule has 42 heavy (non-hydrogen) atoms. The van der Waals surface area contributed by atoms with Gasteiger partial charge in [-0.15, -0.1) is 0 Å². The summed E-state index contributed by atoms with van der Waals surface area (Å²) in [5, 5.41) is 4.51. The largest absolute Gasteiger partial charge is 0.490 e. The Morgan fingerprint density at radius 3 is 2.29 bits per heavy atom. The third-order valence-electron chi connectivity index (χ3n) is 8.83. The standard InChI is InChI=1S/C24H25NO.C12H22N2O2/c1-4-7-23-21(5-2)22-15-12-18(16-24(22)25(23)3)17-10-13-20(14-11-17)26-19-8-6-9-19;1-11(2,3)16-10(15)14-7-12(8-14)5-9(6-12)13-4/h4-5,7,10-16,19H,2,6,8-9H2,1,3H3;9,13H,5-8H2,1-4H3/b7-4-;. The Bertz CT molecular complexity index is 1440. The lowest BCUT2D eigenvalue weighted by molar-refractivity contribution is -0.0816. The smallest absolute Gasteiger partial charge is 0.410 e. The molecule has 0 radical (unpaired) electrons. The van der Waals surface area contributed by atoms with Crippen LogP contribution in [0.25, 0.3) is 34.2 Å². The number of rotatable bonds is 6. The maximum Gasteiger partial charge on any atom is 0.410 e. The number of nitrogens with one attached hydrogen (secondary N) is 1. The van der Waals surface area contributed by atoms with Crippen LogP contribution < -0.4 is 10.1 Å². The van der Waals surface area contributed by atoms with Gasteiger partial charge in [-0.2, -0.15) is 0 Å². The average Bonchev–Trinajstić information content (AvgIpc) is 3.15. The third kappa shape index (κ3) is 6.29. The van der Waals surface area contributed by atoms with E-state index >= 15 is 0 Å². The van der Waals surface area contributed by atoms with Gasteiger partial charge in [0.15, 0.2) is 0 Å². The molecule has 1 aliphatic heterocycles. The van der Waals surface area contributed by atoms with E-state index in [4.69, 9.17) is 9.47 Å². The number of nitrogens with zero attached hydrogens (tertiary/aromatic N) is 2. The van der Waals surface area contributed by atoms with Gasteiger partial charge < -0.3 is 24.3 Å². The molecule has 1 spiro atoms. The number of aromatic nitrogens is 1. The van der Waals surface area contributed by atoms with Crippen molar-refractivity contribution in [3.63, 3.8) is 0 Å². The van der Waals surface area contributed by atoms with Crippen LogP contribution in [-0.4, -0.2) is 53.4 Å².